The SMILES string of the molecule is CN(C)C(CNC(=O)c1ccc(Cl)c(S(=O)(=O)NC(C)(C)C)c1)Cc1ccccc1. The summed E-state index contributed by atoms with van der Waals surface area (Å²) in [5.74, 6) is -0.348. The van der Waals surface area contributed by atoms with Crippen LogP contribution in [0.5, 0.6) is 0 Å². The number of carbonyl (C=O) groups excluding carboxylic acids is 1. The first-order valence-electron chi connectivity index (χ1n) is 9.71. The molecule has 0 heterocycles. The van der Waals surface area contributed by atoms with E-state index in [4.69, 9.17) is 11.6 Å². The van der Waals surface area contributed by atoms with Crippen LogP contribution in [0.15, 0.2) is 53.4 Å². The van der Waals surface area contributed by atoms with E-state index >= 15 is 0 Å². The van der Waals surface area contributed by atoms with Gasteiger partial charge >= 0.3 is 0 Å². The van der Waals surface area contributed by atoms with Crippen molar-refractivity contribution in [1.29, 1.82) is 0 Å². The van der Waals surface area contributed by atoms with Gasteiger partial charge in [-0.25, -0.2) is 13.1 Å². The van der Waals surface area contributed by atoms with E-state index in [-0.39, 0.29) is 27.4 Å². The lowest BCUT2D eigenvalue weighted by Crippen LogP contribution is -2.42. The lowest BCUT2D eigenvalue weighted by atomic mass is 10.1. The molecule has 0 aromatic heterocycles. The third-order valence-corrected chi connectivity index (χ3v) is 6.71. The topological polar surface area (TPSA) is 78.5 Å². The van der Waals surface area contributed by atoms with E-state index in [0.29, 0.717) is 6.54 Å². The summed E-state index contributed by atoms with van der Waals surface area (Å²) in [5.41, 5.74) is 0.751. The Morgan fingerprint density at radius 1 is 1.10 bits per heavy atom. The van der Waals surface area contributed by atoms with Crippen molar-refractivity contribution >= 4 is 27.5 Å². The fourth-order valence-electron chi connectivity index (χ4n) is 2.94. The Kier molecular flexibility index (Phi) is 8.05. The highest BCUT2D eigenvalue weighted by Crippen LogP contribution is 2.24. The van der Waals surface area contributed by atoms with Crippen LogP contribution < -0.4 is 10.0 Å². The van der Waals surface area contributed by atoms with Crippen LogP contribution in [-0.4, -0.2) is 51.4 Å². The molecule has 8 heteroatoms. The number of benzene rings is 2. The van der Waals surface area contributed by atoms with E-state index in [2.05, 4.69) is 27.1 Å². The summed E-state index contributed by atoms with van der Waals surface area (Å²) < 4.78 is 27.9. The van der Waals surface area contributed by atoms with Crippen molar-refractivity contribution in [1.82, 2.24) is 14.9 Å². The maximum absolute atomic E-state index is 12.7. The number of rotatable bonds is 8. The van der Waals surface area contributed by atoms with E-state index in [0.717, 1.165) is 6.42 Å². The third kappa shape index (κ3) is 7.09. The van der Waals surface area contributed by atoms with Gasteiger partial charge in [0.15, 0.2) is 0 Å². The van der Waals surface area contributed by atoms with E-state index in [1.54, 1.807) is 20.8 Å². The van der Waals surface area contributed by atoms with Crippen molar-refractivity contribution in [2.75, 3.05) is 20.6 Å². The van der Waals surface area contributed by atoms with Crippen molar-refractivity contribution < 1.29 is 13.2 Å². The maximum atomic E-state index is 12.7. The number of halogens is 1. The number of hydrogen-bond donors (Lipinski definition) is 2. The van der Waals surface area contributed by atoms with Gasteiger partial charge in [0.2, 0.25) is 10.0 Å². The molecule has 0 spiro atoms. The molecular formula is C22H30ClN3O3S. The van der Waals surface area contributed by atoms with Gasteiger partial charge in [-0.05, 0) is 65.0 Å². The van der Waals surface area contributed by atoms with Gasteiger partial charge in [0.25, 0.3) is 5.91 Å². The summed E-state index contributed by atoms with van der Waals surface area (Å²) in [6, 6.07) is 14.4. The molecule has 2 aromatic rings. The van der Waals surface area contributed by atoms with Crippen LogP contribution in [0, 0.1) is 0 Å². The summed E-state index contributed by atoms with van der Waals surface area (Å²) in [6.45, 7) is 5.64. The highest BCUT2D eigenvalue weighted by atomic mass is 35.5. The first-order chi connectivity index (χ1) is 13.9. The Morgan fingerprint density at radius 3 is 2.30 bits per heavy atom. The highest BCUT2D eigenvalue weighted by molar-refractivity contribution is 7.89. The third-order valence-electron chi connectivity index (χ3n) is 4.47. The fraction of sp³-hybridized carbons (Fsp3) is 0.409. The summed E-state index contributed by atoms with van der Waals surface area (Å²) in [4.78, 5) is 14.7. The van der Waals surface area contributed by atoms with Crippen LogP contribution in [0.4, 0.5) is 0 Å². The number of nitrogens with zero attached hydrogens (tertiary/aromatic N) is 1. The molecule has 2 N–H and O–H groups in total. The number of likely N-dealkylation sites (N-methyl/N-ethyl adjacent to an activating group) is 1. The number of nitrogens with one attached hydrogen (secondary N) is 2. The standard InChI is InChI=1S/C22H30ClN3O3S/c1-22(2,3)25-30(28,29)20-14-17(11-12-19(20)23)21(27)24-15-18(26(4)5)13-16-9-7-6-8-10-16/h6-12,14,18,25H,13,15H2,1-5H3,(H,24,27). The molecule has 6 nitrogen and oxygen atoms in total. The lowest BCUT2D eigenvalue weighted by Gasteiger charge is -2.25. The van der Waals surface area contributed by atoms with Gasteiger partial charge in [0, 0.05) is 23.7 Å². The fourth-order valence-corrected chi connectivity index (χ4v) is 4.89. The highest BCUT2D eigenvalue weighted by Gasteiger charge is 2.25. The molecule has 2 rings (SSSR count). The maximum Gasteiger partial charge on any atom is 0.251 e. The van der Waals surface area contributed by atoms with Crippen LogP contribution in [0.3, 0.4) is 0 Å². The molecule has 0 aliphatic carbocycles. The molecule has 30 heavy (non-hydrogen) atoms. The smallest absolute Gasteiger partial charge is 0.251 e. The average molecular weight is 452 g/mol. The molecule has 0 aliphatic heterocycles. The Bertz CT molecular complexity index is 971. The van der Waals surface area contributed by atoms with Gasteiger partial charge in [-0.15, -0.1) is 0 Å². The van der Waals surface area contributed by atoms with Crippen molar-refractivity contribution in [3.8, 4) is 0 Å². The van der Waals surface area contributed by atoms with Crippen LogP contribution >= 0.6 is 11.6 Å². The largest absolute Gasteiger partial charge is 0.350 e. The molecule has 164 valence electrons. The minimum Gasteiger partial charge on any atom is -0.350 e. The molecular weight excluding hydrogens is 422 g/mol. The molecule has 1 unspecified atom stereocenters. The van der Waals surface area contributed by atoms with Gasteiger partial charge in [0.1, 0.15) is 4.90 Å². The molecule has 0 saturated carbocycles. The minimum absolute atomic E-state index is 0.0681. The zero-order valence-corrected chi connectivity index (χ0v) is 19.6. The zero-order chi connectivity index (χ0) is 22.5. The Hall–Kier alpha value is -1.93. The predicted octanol–water partition coefficient (Wildman–Crippen LogP) is 3.32. The summed E-state index contributed by atoms with van der Waals surface area (Å²) in [7, 11) is 0.0661. The van der Waals surface area contributed by atoms with Crippen molar-refractivity contribution in [3.63, 3.8) is 0 Å². The first kappa shape index (κ1) is 24.3. The van der Waals surface area contributed by atoms with E-state index < -0.39 is 15.6 Å². The quantitative estimate of drug-likeness (QED) is 0.645. The predicted molar refractivity (Wildman–Crippen MR) is 121 cm³/mol. The van der Waals surface area contributed by atoms with E-state index in [1.807, 2.05) is 32.3 Å². The van der Waals surface area contributed by atoms with Crippen LogP contribution in [0.25, 0.3) is 0 Å². The van der Waals surface area contributed by atoms with Gasteiger partial charge in [0.05, 0.1) is 5.02 Å². The second-order valence-electron chi connectivity index (χ2n) is 8.52. The normalized spacial score (nSPS) is 13.3. The van der Waals surface area contributed by atoms with Crippen LogP contribution in [0.1, 0.15) is 36.7 Å². The average Bonchev–Trinajstić information content (AvgIpc) is 2.63. The van der Waals surface area contributed by atoms with Crippen molar-refractivity contribution in [2.45, 2.75) is 43.7 Å². The molecule has 0 saturated heterocycles. The molecule has 1 atom stereocenters. The lowest BCUT2D eigenvalue weighted by molar-refractivity contribution is 0.0941. The van der Waals surface area contributed by atoms with Gasteiger partial charge in [-0.1, -0.05) is 41.9 Å². The van der Waals surface area contributed by atoms with E-state index in [9.17, 15) is 13.2 Å². The second-order valence-corrected chi connectivity index (χ2v) is 10.6. The van der Waals surface area contributed by atoms with Gasteiger partial charge in [-0.2, -0.15) is 0 Å². The Balaban J connectivity index is 2.15. The number of hydrogen-bond acceptors (Lipinski definition) is 4. The molecule has 0 fully saturated rings. The summed E-state index contributed by atoms with van der Waals surface area (Å²) >= 11 is 6.12. The number of amides is 1. The van der Waals surface area contributed by atoms with Crippen molar-refractivity contribution in [2.24, 2.45) is 0 Å². The zero-order valence-electron chi connectivity index (χ0n) is 18.1. The molecule has 1 amide bonds. The summed E-state index contributed by atoms with van der Waals surface area (Å²) in [6.07, 6.45) is 0.782. The first-order valence-corrected chi connectivity index (χ1v) is 11.6. The molecule has 0 bridgehead atoms. The number of carbonyl (C=O) groups is 1. The minimum atomic E-state index is -3.86. The Labute approximate surface area is 184 Å². The number of sulfonamides is 1. The van der Waals surface area contributed by atoms with E-state index in [1.165, 1.54) is 23.8 Å². The van der Waals surface area contributed by atoms with Gasteiger partial charge in [-0.3, -0.25) is 4.79 Å². The van der Waals surface area contributed by atoms with Crippen molar-refractivity contribution in [3.05, 3.63) is 64.7 Å². The summed E-state index contributed by atoms with van der Waals surface area (Å²) in [5, 5.41) is 2.98. The Morgan fingerprint density at radius 2 is 1.73 bits per heavy atom. The second kappa shape index (κ2) is 9.92. The van der Waals surface area contributed by atoms with Crippen LogP contribution in [-0.2, 0) is 16.4 Å². The monoisotopic (exact) mass is 451 g/mol. The molecule has 0 radical (unpaired) electrons. The van der Waals surface area contributed by atoms with Gasteiger partial charge < -0.3 is 10.2 Å². The molecule has 0 aliphatic rings. The van der Waals surface area contributed by atoms with Crippen LogP contribution in [0.2, 0.25) is 5.02 Å². The molecule has 2 aromatic carbocycles.